The first-order valence-electron chi connectivity index (χ1n) is 6.31. The number of hydrogen-bond donors (Lipinski definition) is 3. The van der Waals surface area contributed by atoms with Gasteiger partial charge in [-0.3, -0.25) is 9.59 Å². The maximum Gasteiger partial charge on any atom is 0.303 e. The topological polar surface area (TPSA) is 86.6 Å². The highest BCUT2D eigenvalue weighted by Gasteiger charge is 2.09. The second-order valence-corrected chi connectivity index (χ2v) is 3.62. The van der Waals surface area contributed by atoms with E-state index in [1.807, 2.05) is 19.9 Å². The van der Waals surface area contributed by atoms with Gasteiger partial charge in [0.1, 0.15) is 0 Å². The highest BCUT2D eigenvalue weighted by molar-refractivity contribution is 5.80. The summed E-state index contributed by atoms with van der Waals surface area (Å²) in [6, 6.07) is 8.94. The van der Waals surface area contributed by atoms with Crippen LogP contribution in [-0.2, 0) is 9.59 Å². The molecule has 106 valence electrons. The van der Waals surface area contributed by atoms with E-state index in [0.29, 0.717) is 5.56 Å². The number of aliphatic hydroxyl groups excluding tert-OH is 1. The van der Waals surface area contributed by atoms with Crippen LogP contribution in [0.1, 0.15) is 38.4 Å². The number of aliphatic hydroxyl groups is 1. The maximum atomic E-state index is 11.2. The Balaban J connectivity index is 0.00000154. The number of rotatable bonds is 6. The molecular weight excluding hydrogens is 246 g/mol. The Morgan fingerprint density at radius 1 is 1.16 bits per heavy atom. The molecule has 0 heterocycles. The SMILES string of the molecule is CC.O=C(O)CCC(=O)NC[C@H](O)c1ccccc1. The zero-order chi connectivity index (χ0) is 14.7. The molecule has 0 saturated heterocycles. The Labute approximate surface area is 113 Å². The van der Waals surface area contributed by atoms with E-state index in [4.69, 9.17) is 5.11 Å². The van der Waals surface area contributed by atoms with Gasteiger partial charge in [0.15, 0.2) is 0 Å². The predicted octanol–water partition coefficient (Wildman–Crippen LogP) is 1.73. The van der Waals surface area contributed by atoms with Crippen molar-refractivity contribution in [1.29, 1.82) is 0 Å². The van der Waals surface area contributed by atoms with Crippen LogP contribution >= 0.6 is 0 Å². The number of carboxylic acids is 1. The van der Waals surface area contributed by atoms with Gasteiger partial charge in [-0.25, -0.2) is 0 Å². The summed E-state index contributed by atoms with van der Waals surface area (Å²) in [6.07, 6.45) is -1.05. The van der Waals surface area contributed by atoms with Crippen LogP contribution < -0.4 is 5.32 Å². The first kappa shape index (κ1) is 17.1. The van der Waals surface area contributed by atoms with E-state index in [9.17, 15) is 14.7 Å². The summed E-state index contributed by atoms with van der Waals surface area (Å²) in [6.45, 7) is 4.09. The van der Waals surface area contributed by atoms with Gasteiger partial charge in [-0.2, -0.15) is 0 Å². The van der Waals surface area contributed by atoms with Crippen LogP contribution in [0.3, 0.4) is 0 Å². The second-order valence-electron chi connectivity index (χ2n) is 3.62. The van der Waals surface area contributed by atoms with Crippen LogP contribution in [0.15, 0.2) is 30.3 Å². The molecule has 19 heavy (non-hydrogen) atoms. The lowest BCUT2D eigenvalue weighted by molar-refractivity contribution is -0.138. The van der Waals surface area contributed by atoms with Gasteiger partial charge in [-0.1, -0.05) is 44.2 Å². The summed E-state index contributed by atoms with van der Waals surface area (Å²) in [5.74, 6) is -1.38. The Kier molecular flexibility index (Phi) is 9.08. The molecule has 1 amide bonds. The molecule has 0 aromatic heterocycles. The van der Waals surface area contributed by atoms with Gasteiger partial charge >= 0.3 is 5.97 Å². The van der Waals surface area contributed by atoms with Crippen LogP contribution in [0.2, 0.25) is 0 Å². The average molecular weight is 267 g/mol. The lowest BCUT2D eigenvalue weighted by atomic mass is 10.1. The molecule has 0 bridgehead atoms. The summed E-state index contributed by atoms with van der Waals surface area (Å²) in [4.78, 5) is 21.4. The Hall–Kier alpha value is -1.88. The monoisotopic (exact) mass is 267 g/mol. The molecule has 0 spiro atoms. The van der Waals surface area contributed by atoms with Crippen molar-refractivity contribution in [2.24, 2.45) is 0 Å². The fraction of sp³-hybridized carbons (Fsp3) is 0.429. The van der Waals surface area contributed by atoms with Crippen molar-refractivity contribution in [3.63, 3.8) is 0 Å². The van der Waals surface area contributed by atoms with E-state index >= 15 is 0 Å². The van der Waals surface area contributed by atoms with Crippen molar-refractivity contribution in [2.45, 2.75) is 32.8 Å². The van der Waals surface area contributed by atoms with E-state index in [-0.39, 0.29) is 25.3 Å². The fourth-order valence-corrected chi connectivity index (χ4v) is 1.31. The first-order valence-corrected chi connectivity index (χ1v) is 6.31. The summed E-state index contributed by atoms with van der Waals surface area (Å²) < 4.78 is 0. The van der Waals surface area contributed by atoms with E-state index in [0.717, 1.165) is 0 Å². The number of amides is 1. The Morgan fingerprint density at radius 2 is 1.74 bits per heavy atom. The Morgan fingerprint density at radius 3 is 2.26 bits per heavy atom. The molecule has 3 N–H and O–H groups in total. The molecule has 0 fully saturated rings. The molecule has 1 aromatic carbocycles. The third-order valence-corrected chi connectivity index (χ3v) is 2.24. The van der Waals surface area contributed by atoms with Gasteiger partial charge in [0.05, 0.1) is 12.5 Å². The molecule has 1 atom stereocenters. The number of carbonyl (C=O) groups is 2. The summed E-state index contributed by atoms with van der Waals surface area (Å²) in [5.41, 5.74) is 0.714. The largest absolute Gasteiger partial charge is 0.481 e. The normalized spacial score (nSPS) is 10.9. The number of carboxylic acid groups (broad SMARTS) is 1. The van der Waals surface area contributed by atoms with Gasteiger partial charge in [-0.05, 0) is 5.56 Å². The van der Waals surface area contributed by atoms with Gasteiger partial charge in [0.25, 0.3) is 0 Å². The Bertz CT molecular complexity index is 378. The quantitative estimate of drug-likeness (QED) is 0.732. The van der Waals surface area contributed by atoms with Gasteiger partial charge < -0.3 is 15.5 Å². The minimum absolute atomic E-state index is 0.0726. The van der Waals surface area contributed by atoms with Crippen molar-refractivity contribution in [3.8, 4) is 0 Å². The zero-order valence-corrected chi connectivity index (χ0v) is 11.3. The van der Waals surface area contributed by atoms with Gasteiger partial charge in [0.2, 0.25) is 5.91 Å². The van der Waals surface area contributed by atoms with Crippen molar-refractivity contribution in [2.75, 3.05) is 6.54 Å². The highest BCUT2D eigenvalue weighted by atomic mass is 16.4. The highest BCUT2D eigenvalue weighted by Crippen LogP contribution is 2.10. The van der Waals surface area contributed by atoms with E-state index in [2.05, 4.69) is 5.32 Å². The van der Waals surface area contributed by atoms with E-state index < -0.39 is 12.1 Å². The fourth-order valence-electron chi connectivity index (χ4n) is 1.31. The number of hydrogen-bond acceptors (Lipinski definition) is 3. The predicted molar refractivity (Wildman–Crippen MR) is 72.6 cm³/mol. The van der Waals surface area contributed by atoms with E-state index in [1.54, 1.807) is 24.3 Å². The zero-order valence-electron chi connectivity index (χ0n) is 11.3. The standard InChI is InChI=1S/C12H15NO4.C2H6/c14-10(9-4-2-1-3-5-9)8-13-11(15)6-7-12(16)17;1-2/h1-5,10,14H,6-8H2,(H,13,15)(H,16,17);1-2H3/t10-;/m0./s1. The van der Waals surface area contributed by atoms with Crippen LogP contribution in [-0.4, -0.2) is 28.6 Å². The number of benzene rings is 1. The maximum absolute atomic E-state index is 11.2. The molecular formula is C14H21NO4. The minimum Gasteiger partial charge on any atom is -0.481 e. The molecule has 0 radical (unpaired) electrons. The van der Waals surface area contributed by atoms with Crippen molar-refractivity contribution >= 4 is 11.9 Å². The molecule has 5 heteroatoms. The summed E-state index contributed by atoms with van der Waals surface area (Å²) >= 11 is 0. The summed E-state index contributed by atoms with van der Waals surface area (Å²) in [5, 5.41) is 20.6. The lowest BCUT2D eigenvalue weighted by Crippen LogP contribution is -2.28. The van der Waals surface area contributed by atoms with Crippen molar-refractivity contribution < 1.29 is 19.8 Å². The van der Waals surface area contributed by atoms with Gasteiger partial charge in [-0.15, -0.1) is 0 Å². The first-order chi connectivity index (χ1) is 9.09. The minimum atomic E-state index is -1.01. The molecule has 1 rings (SSSR count). The number of aliphatic carboxylic acids is 1. The third-order valence-electron chi connectivity index (χ3n) is 2.24. The summed E-state index contributed by atoms with van der Waals surface area (Å²) in [7, 11) is 0. The van der Waals surface area contributed by atoms with Crippen molar-refractivity contribution in [3.05, 3.63) is 35.9 Å². The van der Waals surface area contributed by atoms with Crippen LogP contribution in [0.4, 0.5) is 0 Å². The lowest BCUT2D eigenvalue weighted by Gasteiger charge is -2.11. The molecule has 1 aromatic rings. The molecule has 0 aliphatic carbocycles. The van der Waals surface area contributed by atoms with Crippen molar-refractivity contribution in [1.82, 2.24) is 5.32 Å². The number of nitrogens with one attached hydrogen (secondary N) is 1. The van der Waals surface area contributed by atoms with Crippen LogP contribution in [0.25, 0.3) is 0 Å². The second kappa shape index (κ2) is 10.1. The van der Waals surface area contributed by atoms with E-state index in [1.165, 1.54) is 0 Å². The number of carbonyl (C=O) groups excluding carboxylic acids is 1. The average Bonchev–Trinajstić information content (AvgIpc) is 2.45. The smallest absolute Gasteiger partial charge is 0.303 e. The third kappa shape index (κ3) is 7.94. The van der Waals surface area contributed by atoms with Gasteiger partial charge in [0, 0.05) is 13.0 Å². The van der Waals surface area contributed by atoms with Crippen LogP contribution in [0, 0.1) is 0 Å². The molecule has 0 saturated carbocycles. The molecule has 0 aliphatic heterocycles. The molecule has 5 nitrogen and oxygen atoms in total. The molecule has 0 aliphatic rings. The van der Waals surface area contributed by atoms with Crippen LogP contribution in [0.5, 0.6) is 0 Å². The molecule has 0 unspecified atom stereocenters.